The maximum Gasteiger partial charge on any atom is 0.346 e. The largest absolute Gasteiger partial charge is 0.500 e. The molecule has 19 heavy (non-hydrogen) atoms. The van der Waals surface area contributed by atoms with Crippen LogP contribution in [0.4, 0.5) is 5.69 Å². The molecule has 0 saturated carbocycles. The van der Waals surface area contributed by atoms with Crippen molar-refractivity contribution in [1.29, 1.82) is 5.26 Å². The summed E-state index contributed by atoms with van der Waals surface area (Å²) in [6.07, 6.45) is 0.942. The molecule has 0 unspecified atom stereocenters. The summed E-state index contributed by atoms with van der Waals surface area (Å²) in [5, 5.41) is 37.5. The van der Waals surface area contributed by atoms with Crippen molar-refractivity contribution in [2.24, 2.45) is 0 Å². The van der Waals surface area contributed by atoms with Crippen LogP contribution in [0.2, 0.25) is 0 Å². The van der Waals surface area contributed by atoms with Gasteiger partial charge in [-0.25, -0.2) is 4.79 Å². The second-order valence-electron chi connectivity index (χ2n) is 3.32. The third-order valence-corrected chi connectivity index (χ3v) is 2.16. The van der Waals surface area contributed by atoms with Crippen LogP contribution in [-0.2, 0) is 4.79 Å². The fourth-order valence-corrected chi connectivity index (χ4v) is 1.30. The average molecular weight is 264 g/mol. The van der Waals surface area contributed by atoms with Gasteiger partial charge in [0.05, 0.1) is 12.0 Å². The molecule has 0 bridgehead atoms. The Morgan fingerprint density at radius 1 is 1.58 bits per heavy atom. The highest BCUT2D eigenvalue weighted by molar-refractivity contribution is 5.96. The van der Waals surface area contributed by atoms with Gasteiger partial charge in [-0.1, -0.05) is 0 Å². The summed E-state index contributed by atoms with van der Waals surface area (Å²) in [6.45, 7) is 0. The molecular weight excluding hydrogens is 256 g/mol. The molecule has 0 aromatic heterocycles. The zero-order valence-corrected chi connectivity index (χ0v) is 9.65. The summed E-state index contributed by atoms with van der Waals surface area (Å²) in [7, 11) is 1.19. The van der Waals surface area contributed by atoms with Gasteiger partial charge in [0.15, 0.2) is 5.75 Å². The summed E-state index contributed by atoms with van der Waals surface area (Å²) in [6, 6.07) is 3.56. The standard InChI is InChI=1S/C11H8N2O6/c1-19-9-4-6(2-7(5-12)11(15)16)3-8(10(9)14)13(17)18/h2-4,14H,1H3,(H,15,16). The zero-order valence-electron chi connectivity index (χ0n) is 9.65. The van der Waals surface area contributed by atoms with Gasteiger partial charge < -0.3 is 14.9 Å². The normalized spacial score (nSPS) is 10.6. The number of phenolic OH excluding ortho intramolecular Hbond substituents is 1. The number of aliphatic carboxylic acids is 1. The third-order valence-electron chi connectivity index (χ3n) is 2.16. The molecule has 0 radical (unpaired) electrons. The minimum Gasteiger partial charge on any atom is -0.500 e. The van der Waals surface area contributed by atoms with Crippen LogP contribution in [0, 0.1) is 21.4 Å². The monoisotopic (exact) mass is 264 g/mol. The van der Waals surface area contributed by atoms with Crippen LogP contribution in [0.5, 0.6) is 11.5 Å². The average Bonchev–Trinajstić information content (AvgIpc) is 2.36. The molecular formula is C11H8N2O6. The number of carbonyl (C=O) groups is 1. The first-order chi connectivity index (χ1) is 8.90. The van der Waals surface area contributed by atoms with E-state index >= 15 is 0 Å². The first-order valence-electron chi connectivity index (χ1n) is 4.81. The lowest BCUT2D eigenvalue weighted by molar-refractivity contribution is -0.386. The minimum absolute atomic E-state index is 0.0558. The molecule has 1 aromatic carbocycles. The lowest BCUT2D eigenvalue weighted by Crippen LogP contribution is -1.98. The van der Waals surface area contributed by atoms with Crippen molar-refractivity contribution in [1.82, 2.24) is 0 Å². The molecule has 0 spiro atoms. The highest BCUT2D eigenvalue weighted by atomic mass is 16.6. The van der Waals surface area contributed by atoms with E-state index in [0.29, 0.717) is 0 Å². The van der Waals surface area contributed by atoms with Crippen molar-refractivity contribution in [3.8, 4) is 17.6 Å². The van der Waals surface area contributed by atoms with Crippen LogP contribution in [0.1, 0.15) is 5.56 Å². The van der Waals surface area contributed by atoms with E-state index in [1.165, 1.54) is 19.2 Å². The van der Waals surface area contributed by atoms with Gasteiger partial charge in [0.1, 0.15) is 11.6 Å². The second kappa shape index (κ2) is 5.50. The van der Waals surface area contributed by atoms with Crippen LogP contribution in [0.15, 0.2) is 17.7 Å². The number of hydrogen-bond acceptors (Lipinski definition) is 6. The van der Waals surface area contributed by atoms with E-state index in [4.69, 9.17) is 15.1 Å². The smallest absolute Gasteiger partial charge is 0.346 e. The van der Waals surface area contributed by atoms with E-state index in [0.717, 1.165) is 12.1 Å². The van der Waals surface area contributed by atoms with Gasteiger partial charge in [0.25, 0.3) is 0 Å². The molecule has 0 atom stereocenters. The van der Waals surface area contributed by atoms with Crippen LogP contribution in [-0.4, -0.2) is 28.2 Å². The Balaban J connectivity index is 3.47. The number of methoxy groups -OCH3 is 1. The number of nitriles is 1. The molecule has 1 rings (SSSR count). The molecule has 0 saturated heterocycles. The van der Waals surface area contributed by atoms with Crippen molar-refractivity contribution < 1.29 is 24.7 Å². The highest BCUT2D eigenvalue weighted by Crippen LogP contribution is 2.37. The van der Waals surface area contributed by atoms with E-state index in [-0.39, 0.29) is 11.3 Å². The van der Waals surface area contributed by atoms with Gasteiger partial charge in [0.2, 0.25) is 5.75 Å². The fourth-order valence-electron chi connectivity index (χ4n) is 1.30. The van der Waals surface area contributed by atoms with Crippen LogP contribution >= 0.6 is 0 Å². The maximum absolute atomic E-state index is 10.7. The molecule has 2 N–H and O–H groups in total. The summed E-state index contributed by atoms with van der Waals surface area (Å²) >= 11 is 0. The number of benzene rings is 1. The van der Waals surface area contributed by atoms with E-state index in [1.807, 2.05) is 0 Å². The van der Waals surface area contributed by atoms with E-state index < -0.39 is 27.9 Å². The summed E-state index contributed by atoms with van der Waals surface area (Å²) in [5.41, 5.74) is -1.18. The molecule has 0 fully saturated rings. The number of phenols is 1. The minimum atomic E-state index is -1.46. The van der Waals surface area contributed by atoms with Gasteiger partial charge in [-0.2, -0.15) is 5.26 Å². The fraction of sp³-hybridized carbons (Fsp3) is 0.0909. The molecule has 8 nitrogen and oxygen atoms in total. The Labute approximate surface area is 106 Å². The Bertz CT molecular complexity index is 614. The Kier molecular flexibility index (Phi) is 4.05. The van der Waals surface area contributed by atoms with Gasteiger partial charge >= 0.3 is 11.7 Å². The number of nitrogens with zero attached hydrogens (tertiary/aromatic N) is 2. The molecule has 1 aromatic rings. The van der Waals surface area contributed by atoms with Crippen molar-refractivity contribution in [2.75, 3.05) is 7.11 Å². The second-order valence-corrected chi connectivity index (χ2v) is 3.32. The number of carboxylic acid groups (broad SMARTS) is 1. The maximum atomic E-state index is 10.7. The summed E-state index contributed by atoms with van der Waals surface area (Å²) in [4.78, 5) is 20.5. The summed E-state index contributed by atoms with van der Waals surface area (Å²) < 4.78 is 4.74. The number of carboxylic acids is 1. The van der Waals surface area contributed by atoms with Gasteiger partial charge in [-0.15, -0.1) is 0 Å². The van der Waals surface area contributed by atoms with Crippen molar-refractivity contribution in [2.45, 2.75) is 0 Å². The molecule has 0 amide bonds. The van der Waals surface area contributed by atoms with Crippen LogP contribution in [0.25, 0.3) is 6.08 Å². The van der Waals surface area contributed by atoms with E-state index in [9.17, 15) is 20.0 Å². The summed E-state index contributed by atoms with van der Waals surface area (Å²) in [5.74, 6) is -2.32. The van der Waals surface area contributed by atoms with Gasteiger partial charge in [-0.3, -0.25) is 10.1 Å². The first kappa shape index (κ1) is 14.0. The van der Waals surface area contributed by atoms with Crippen molar-refractivity contribution >= 4 is 17.7 Å². The quantitative estimate of drug-likeness (QED) is 0.362. The highest BCUT2D eigenvalue weighted by Gasteiger charge is 2.20. The number of aromatic hydroxyl groups is 1. The Morgan fingerprint density at radius 2 is 2.21 bits per heavy atom. The Morgan fingerprint density at radius 3 is 2.63 bits per heavy atom. The predicted molar refractivity (Wildman–Crippen MR) is 62.5 cm³/mol. The van der Waals surface area contributed by atoms with Gasteiger partial charge in [0, 0.05) is 6.07 Å². The molecule has 8 heteroatoms. The SMILES string of the molecule is COc1cc(C=C(C#N)C(=O)O)cc([N+](=O)[O-])c1O. The van der Waals surface area contributed by atoms with Crippen molar-refractivity contribution in [3.63, 3.8) is 0 Å². The first-order valence-corrected chi connectivity index (χ1v) is 4.81. The molecule has 0 aliphatic rings. The lowest BCUT2D eigenvalue weighted by atomic mass is 10.1. The Hall–Kier alpha value is -3.08. The lowest BCUT2D eigenvalue weighted by Gasteiger charge is -2.05. The van der Waals surface area contributed by atoms with Crippen LogP contribution in [0.3, 0.4) is 0 Å². The zero-order chi connectivity index (χ0) is 14.6. The molecule has 98 valence electrons. The number of nitro groups is 1. The number of nitro benzene ring substituents is 1. The van der Waals surface area contributed by atoms with E-state index in [1.54, 1.807) is 0 Å². The van der Waals surface area contributed by atoms with Crippen LogP contribution < -0.4 is 4.74 Å². The molecule has 0 heterocycles. The predicted octanol–water partition coefficient (Wildman–Crippen LogP) is 1.30. The molecule has 0 aliphatic heterocycles. The van der Waals surface area contributed by atoms with Crippen molar-refractivity contribution in [3.05, 3.63) is 33.4 Å². The van der Waals surface area contributed by atoms with Gasteiger partial charge in [-0.05, 0) is 17.7 Å². The number of ether oxygens (including phenoxy) is 1. The number of hydrogen-bond donors (Lipinski definition) is 2. The molecule has 0 aliphatic carbocycles. The topological polar surface area (TPSA) is 134 Å². The number of rotatable bonds is 4. The van der Waals surface area contributed by atoms with E-state index in [2.05, 4.69) is 0 Å². The third kappa shape index (κ3) is 2.98.